The van der Waals surface area contributed by atoms with Crippen LogP contribution in [0.15, 0.2) is 48.8 Å². The van der Waals surface area contributed by atoms with Crippen LogP contribution in [-0.4, -0.2) is 22.0 Å². The van der Waals surface area contributed by atoms with Crippen molar-refractivity contribution in [3.8, 4) is 11.3 Å². The van der Waals surface area contributed by atoms with Crippen molar-refractivity contribution in [2.45, 2.75) is 6.92 Å². The number of hydrogen-bond acceptors (Lipinski definition) is 5. The van der Waals surface area contributed by atoms with Gasteiger partial charge in [-0.1, -0.05) is 6.07 Å². The summed E-state index contributed by atoms with van der Waals surface area (Å²) in [5, 5.41) is 6.09. The Kier molecular flexibility index (Phi) is 4.14. The van der Waals surface area contributed by atoms with E-state index in [1.165, 1.54) is 6.07 Å². The number of rotatable bonds is 4. The van der Waals surface area contributed by atoms with E-state index in [1.807, 2.05) is 24.3 Å². The summed E-state index contributed by atoms with van der Waals surface area (Å²) in [6.45, 7) is 1.72. The van der Waals surface area contributed by atoms with Crippen molar-refractivity contribution < 1.29 is 4.39 Å². The third kappa shape index (κ3) is 3.26. The summed E-state index contributed by atoms with van der Waals surface area (Å²) in [4.78, 5) is 12.8. The monoisotopic (exact) mass is 309 g/mol. The highest BCUT2D eigenvalue weighted by Crippen LogP contribution is 2.25. The van der Waals surface area contributed by atoms with E-state index in [-0.39, 0.29) is 5.82 Å². The molecule has 23 heavy (non-hydrogen) atoms. The summed E-state index contributed by atoms with van der Waals surface area (Å²) in [5.41, 5.74) is 2.90. The highest BCUT2D eigenvalue weighted by Gasteiger charge is 2.08. The van der Waals surface area contributed by atoms with Crippen LogP contribution in [0.5, 0.6) is 0 Å². The smallest absolute Gasteiger partial charge is 0.224 e. The van der Waals surface area contributed by atoms with E-state index in [4.69, 9.17) is 0 Å². The van der Waals surface area contributed by atoms with Gasteiger partial charge in [-0.2, -0.15) is 4.98 Å². The van der Waals surface area contributed by atoms with Gasteiger partial charge in [-0.15, -0.1) is 0 Å². The van der Waals surface area contributed by atoms with Crippen molar-refractivity contribution in [1.82, 2.24) is 15.0 Å². The first-order chi connectivity index (χ1) is 11.2. The summed E-state index contributed by atoms with van der Waals surface area (Å²) < 4.78 is 13.7. The molecule has 3 rings (SSSR count). The maximum atomic E-state index is 13.7. The molecule has 0 bridgehead atoms. The van der Waals surface area contributed by atoms with Crippen molar-refractivity contribution in [3.63, 3.8) is 0 Å². The standard InChI is InChI=1S/C17H16FN5/c1-11-13(18)4-3-5-14(11)21-16-10-15(22-17(19-2)23-16)12-6-8-20-9-7-12/h3-10H,1-2H3,(H2,19,21,22,23). The van der Waals surface area contributed by atoms with Gasteiger partial charge >= 0.3 is 0 Å². The van der Waals surface area contributed by atoms with Gasteiger partial charge in [-0.05, 0) is 31.2 Å². The molecule has 0 spiro atoms. The summed E-state index contributed by atoms with van der Waals surface area (Å²) in [6, 6.07) is 10.5. The molecule has 5 nitrogen and oxygen atoms in total. The second-order valence-corrected chi connectivity index (χ2v) is 4.99. The summed E-state index contributed by atoms with van der Waals surface area (Å²) in [5.74, 6) is 0.813. The van der Waals surface area contributed by atoms with Gasteiger partial charge in [0.15, 0.2) is 0 Å². The lowest BCUT2D eigenvalue weighted by atomic mass is 10.1. The molecule has 0 amide bonds. The van der Waals surface area contributed by atoms with E-state index < -0.39 is 0 Å². The Balaban J connectivity index is 2.01. The molecule has 0 fully saturated rings. The van der Waals surface area contributed by atoms with Crippen LogP contribution in [0, 0.1) is 12.7 Å². The second kappa shape index (κ2) is 6.39. The van der Waals surface area contributed by atoms with Crippen LogP contribution in [0.1, 0.15) is 5.56 Å². The molecule has 2 aromatic heterocycles. The minimum absolute atomic E-state index is 0.257. The Morgan fingerprint density at radius 3 is 2.57 bits per heavy atom. The number of aromatic nitrogens is 3. The maximum Gasteiger partial charge on any atom is 0.224 e. The van der Waals surface area contributed by atoms with E-state index in [1.54, 1.807) is 32.4 Å². The van der Waals surface area contributed by atoms with Gasteiger partial charge in [0.05, 0.1) is 5.69 Å². The molecule has 116 valence electrons. The number of hydrogen-bond donors (Lipinski definition) is 2. The molecule has 0 atom stereocenters. The van der Waals surface area contributed by atoms with Crippen LogP contribution in [0.2, 0.25) is 0 Å². The predicted molar refractivity (Wildman–Crippen MR) is 89.2 cm³/mol. The van der Waals surface area contributed by atoms with E-state index in [0.29, 0.717) is 23.0 Å². The van der Waals surface area contributed by atoms with Crippen LogP contribution in [0.3, 0.4) is 0 Å². The molecule has 2 heterocycles. The highest BCUT2D eigenvalue weighted by molar-refractivity contribution is 5.68. The zero-order valence-electron chi connectivity index (χ0n) is 12.8. The van der Waals surface area contributed by atoms with Gasteiger partial charge in [-0.25, -0.2) is 9.37 Å². The first-order valence-electron chi connectivity index (χ1n) is 7.17. The number of benzene rings is 1. The number of pyridine rings is 1. The van der Waals surface area contributed by atoms with Crippen LogP contribution in [0.25, 0.3) is 11.3 Å². The van der Waals surface area contributed by atoms with Crippen LogP contribution in [-0.2, 0) is 0 Å². The normalized spacial score (nSPS) is 10.4. The lowest BCUT2D eigenvalue weighted by Gasteiger charge is -2.12. The zero-order chi connectivity index (χ0) is 16.2. The first kappa shape index (κ1) is 14.9. The van der Waals surface area contributed by atoms with Crippen LogP contribution >= 0.6 is 0 Å². The molecule has 2 N–H and O–H groups in total. The highest BCUT2D eigenvalue weighted by atomic mass is 19.1. The number of halogens is 1. The van der Waals surface area contributed by atoms with Crippen molar-refractivity contribution >= 4 is 17.5 Å². The van der Waals surface area contributed by atoms with Crippen LogP contribution < -0.4 is 10.6 Å². The molecule has 0 radical (unpaired) electrons. The van der Waals surface area contributed by atoms with E-state index >= 15 is 0 Å². The van der Waals surface area contributed by atoms with Crippen molar-refractivity contribution in [3.05, 3.63) is 60.2 Å². The lowest BCUT2D eigenvalue weighted by Crippen LogP contribution is -2.03. The summed E-state index contributed by atoms with van der Waals surface area (Å²) in [7, 11) is 1.75. The van der Waals surface area contributed by atoms with Gasteiger partial charge in [-0.3, -0.25) is 4.98 Å². The molecule has 0 aliphatic carbocycles. The van der Waals surface area contributed by atoms with E-state index in [2.05, 4.69) is 25.6 Å². The Morgan fingerprint density at radius 1 is 1.04 bits per heavy atom. The third-order valence-corrected chi connectivity index (χ3v) is 3.46. The predicted octanol–water partition coefficient (Wildman–Crippen LogP) is 3.77. The molecule has 3 aromatic rings. The Labute approximate surface area is 133 Å². The fourth-order valence-electron chi connectivity index (χ4n) is 2.17. The maximum absolute atomic E-state index is 13.7. The van der Waals surface area contributed by atoms with E-state index in [9.17, 15) is 4.39 Å². The Hall–Kier alpha value is -3.02. The van der Waals surface area contributed by atoms with Crippen molar-refractivity contribution in [2.24, 2.45) is 0 Å². The first-order valence-corrected chi connectivity index (χ1v) is 7.17. The molecule has 6 heteroatoms. The molecule has 0 aliphatic rings. The SMILES string of the molecule is CNc1nc(Nc2cccc(F)c2C)cc(-c2ccncc2)n1. The molecule has 1 aromatic carbocycles. The van der Waals surface area contributed by atoms with Gasteiger partial charge < -0.3 is 10.6 Å². The third-order valence-electron chi connectivity index (χ3n) is 3.46. The fourth-order valence-corrected chi connectivity index (χ4v) is 2.17. The molecule has 0 aliphatic heterocycles. The van der Waals surface area contributed by atoms with Crippen molar-refractivity contribution in [2.75, 3.05) is 17.7 Å². The van der Waals surface area contributed by atoms with Crippen molar-refractivity contribution in [1.29, 1.82) is 0 Å². The average molecular weight is 309 g/mol. The second-order valence-electron chi connectivity index (χ2n) is 4.99. The number of anilines is 3. The fraction of sp³-hybridized carbons (Fsp3) is 0.118. The van der Waals surface area contributed by atoms with Gasteiger partial charge in [0.1, 0.15) is 11.6 Å². The lowest BCUT2D eigenvalue weighted by molar-refractivity contribution is 0.619. The van der Waals surface area contributed by atoms with Gasteiger partial charge in [0.2, 0.25) is 5.95 Å². The minimum atomic E-state index is -0.257. The Bertz CT molecular complexity index is 820. The molecular weight excluding hydrogens is 293 g/mol. The largest absolute Gasteiger partial charge is 0.357 e. The van der Waals surface area contributed by atoms with Gasteiger partial charge in [0, 0.05) is 42.3 Å². The molecular formula is C17H16FN5. The number of nitrogens with one attached hydrogen (secondary N) is 2. The summed E-state index contributed by atoms with van der Waals surface area (Å²) in [6.07, 6.45) is 3.42. The Morgan fingerprint density at radius 2 is 1.83 bits per heavy atom. The molecule has 0 unspecified atom stereocenters. The van der Waals surface area contributed by atoms with Gasteiger partial charge in [0.25, 0.3) is 0 Å². The quantitative estimate of drug-likeness (QED) is 0.768. The zero-order valence-corrected chi connectivity index (χ0v) is 12.8. The number of nitrogens with zero attached hydrogens (tertiary/aromatic N) is 3. The molecule has 0 saturated heterocycles. The molecule has 0 saturated carbocycles. The van der Waals surface area contributed by atoms with Crippen LogP contribution in [0.4, 0.5) is 21.8 Å². The topological polar surface area (TPSA) is 62.7 Å². The summed E-state index contributed by atoms with van der Waals surface area (Å²) >= 11 is 0. The average Bonchev–Trinajstić information content (AvgIpc) is 2.59. The minimum Gasteiger partial charge on any atom is -0.357 e. The van der Waals surface area contributed by atoms with E-state index in [0.717, 1.165) is 11.3 Å².